The first-order valence-corrected chi connectivity index (χ1v) is 6.34. The van der Waals surface area contributed by atoms with Crippen molar-refractivity contribution in [3.63, 3.8) is 0 Å². The number of benzene rings is 1. The van der Waals surface area contributed by atoms with Gasteiger partial charge >= 0.3 is 0 Å². The lowest BCUT2D eigenvalue weighted by atomic mass is 9.98. The van der Waals surface area contributed by atoms with E-state index in [1.54, 1.807) is 13.3 Å². The Balaban J connectivity index is 2.28. The summed E-state index contributed by atoms with van der Waals surface area (Å²) < 4.78 is 18.6. The second kappa shape index (κ2) is 6.45. The Morgan fingerprint density at radius 2 is 2.15 bits per heavy atom. The third-order valence-electron chi connectivity index (χ3n) is 3.19. The van der Waals surface area contributed by atoms with Gasteiger partial charge in [-0.25, -0.2) is 4.39 Å². The molecular formula is C15H18FN3O. The van der Waals surface area contributed by atoms with Crippen LogP contribution in [0.4, 0.5) is 4.39 Å². The summed E-state index contributed by atoms with van der Waals surface area (Å²) in [7, 11) is 1.63. The number of nitrogens with two attached hydrogens (primary N) is 1. The molecule has 0 radical (unpaired) electrons. The Morgan fingerprint density at radius 1 is 1.35 bits per heavy atom. The van der Waals surface area contributed by atoms with Gasteiger partial charge < -0.3 is 4.74 Å². The van der Waals surface area contributed by atoms with Gasteiger partial charge in [-0.1, -0.05) is 17.7 Å². The highest BCUT2D eigenvalue weighted by Crippen LogP contribution is 2.25. The second-order valence-corrected chi connectivity index (χ2v) is 4.68. The molecule has 3 N–H and O–H groups in total. The van der Waals surface area contributed by atoms with Crippen LogP contribution >= 0.6 is 0 Å². The van der Waals surface area contributed by atoms with E-state index in [4.69, 9.17) is 10.6 Å². The first-order chi connectivity index (χ1) is 9.63. The SMILES string of the molecule is COc1ccc(C)cc1CC(NN)c1cncc(F)c1. The fourth-order valence-electron chi connectivity index (χ4n) is 2.18. The molecule has 0 amide bonds. The standard InChI is InChI=1S/C15H18FN3O/c1-10-3-4-15(20-2)11(5-10)7-14(19-17)12-6-13(16)9-18-8-12/h3-6,8-9,14,19H,7,17H2,1-2H3. The van der Waals surface area contributed by atoms with Crippen molar-refractivity contribution < 1.29 is 9.13 Å². The van der Waals surface area contributed by atoms with E-state index in [0.717, 1.165) is 16.9 Å². The quantitative estimate of drug-likeness (QED) is 0.649. The zero-order chi connectivity index (χ0) is 14.5. The number of nitrogens with zero attached hydrogens (tertiary/aromatic N) is 1. The number of hydrazine groups is 1. The van der Waals surface area contributed by atoms with E-state index < -0.39 is 0 Å². The fourth-order valence-corrected chi connectivity index (χ4v) is 2.18. The molecule has 1 atom stereocenters. The smallest absolute Gasteiger partial charge is 0.141 e. The van der Waals surface area contributed by atoms with Gasteiger partial charge in [0.2, 0.25) is 0 Å². The van der Waals surface area contributed by atoms with Gasteiger partial charge in [-0.3, -0.25) is 16.3 Å². The van der Waals surface area contributed by atoms with Crippen LogP contribution in [0.25, 0.3) is 0 Å². The number of rotatable bonds is 5. The summed E-state index contributed by atoms with van der Waals surface area (Å²) in [5, 5.41) is 0. The topological polar surface area (TPSA) is 60.2 Å². The minimum atomic E-state index is -0.376. The molecule has 0 aliphatic heterocycles. The zero-order valence-electron chi connectivity index (χ0n) is 11.6. The Morgan fingerprint density at radius 3 is 2.80 bits per heavy atom. The summed E-state index contributed by atoms with van der Waals surface area (Å²) in [6, 6.07) is 7.14. The lowest BCUT2D eigenvalue weighted by Crippen LogP contribution is -2.29. The van der Waals surface area contributed by atoms with Gasteiger partial charge in [0.1, 0.15) is 11.6 Å². The Hall–Kier alpha value is -1.98. The highest BCUT2D eigenvalue weighted by atomic mass is 19.1. The highest BCUT2D eigenvalue weighted by Gasteiger charge is 2.14. The van der Waals surface area contributed by atoms with E-state index in [1.165, 1.54) is 12.3 Å². The van der Waals surface area contributed by atoms with Crippen LogP contribution in [-0.2, 0) is 6.42 Å². The summed E-state index contributed by atoms with van der Waals surface area (Å²) in [4.78, 5) is 3.85. The van der Waals surface area contributed by atoms with E-state index in [2.05, 4.69) is 10.4 Å². The summed E-state index contributed by atoms with van der Waals surface area (Å²) in [5.74, 6) is 6.01. The lowest BCUT2D eigenvalue weighted by molar-refractivity contribution is 0.405. The number of nitrogens with one attached hydrogen (secondary N) is 1. The van der Waals surface area contributed by atoms with E-state index in [9.17, 15) is 4.39 Å². The van der Waals surface area contributed by atoms with Gasteiger partial charge in [-0.15, -0.1) is 0 Å². The van der Waals surface area contributed by atoms with Gasteiger partial charge in [-0.2, -0.15) is 0 Å². The molecule has 0 fully saturated rings. The Labute approximate surface area is 117 Å². The molecule has 0 saturated carbocycles. The van der Waals surface area contributed by atoms with Crippen LogP contribution in [0.1, 0.15) is 22.7 Å². The third kappa shape index (κ3) is 3.31. The van der Waals surface area contributed by atoms with Gasteiger partial charge in [-0.05, 0) is 36.6 Å². The molecule has 0 aliphatic carbocycles. The summed E-state index contributed by atoms with van der Waals surface area (Å²) >= 11 is 0. The maximum absolute atomic E-state index is 13.3. The maximum atomic E-state index is 13.3. The van der Waals surface area contributed by atoms with Crippen LogP contribution in [0, 0.1) is 12.7 Å². The monoisotopic (exact) mass is 275 g/mol. The molecule has 0 saturated heterocycles. The second-order valence-electron chi connectivity index (χ2n) is 4.68. The number of methoxy groups -OCH3 is 1. The predicted octanol–water partition coefficient (Wildman–Crippen LogP) is 2.28. The van der Waals surface area contributed by atoms with Gasteiger partial charge in [0.25, 0.3) is 0 Å². The largest absolute Gasteiger partial charge is 0.496 e. The first-order valence-electron chi connectivity index (χ1n) is 6.34. The van der Waals surface area contributed by atoms with Crippen molar-refractivity contribution in [1.82, 2.24) is 10.4 Å². The van der Waals surface area contributed by atoms with E-state index in [1.807, 2.05) is 25.1 Å². The minimum Gasteiger partial charge on any atom is -0.496 e. The number of aromatic nitrogens is 1. The molecule has 5 heteroatoms. The van der Waals surface area contributed by atoms with Crippen molar-refractivity contribution in [3.05, 3.63) is 59.2 Å². The molecule has 1 aromatic carbocycles. The van der Waals surface area contributed by atoms with Crippen molar-refractivity contribution >= 4 is 0 Å². The predicted molar refractivity (Wildman–Crippen MR) is 75.7 cm³/mol. The minimum absolute atomic E-state index is 0.228. The average molecular weight is 275 g/mol. The fraction of sp³-hybridized carbons (Fsp3) is 0.267. The molecule has 2 rings (SSSR count). The van der Waals surface area contributed by atoms with Crippen molar-refractivity contribution in [2.45, 2.75) is 19.4 Å². The molecule has 106 valence electrons. The molecule has 20 heavy (non-hydrogen) atoms. The van der Waals surface area contributed by atoms with E-state index in [0.29, 0.717) is 12.0 Å². The number of halogens is 1. The Bertz CT molecular complexity index is 589. The first kappa shape index (κ1) is 14.4. The van der Waals surface area contributed by atoms with Crippen molar-refractivity contribution in [1.29, 1.82) is 0 Å². The molecular weight excluding hydrogens is 257 g/mol. The number of aryl methyl sites for hydroxylation is 1. The van der Waals surface area contributed by atoms with Crippen LogP contribution < -0.4 is 16.0 Å². The van der Waals surface area contributed by atoms with Crippen molar-refractivity contribution in [2.75, 3.05) is 7.11 Å². The summed E-state index contributed by atoms with van der Waals surface area (Å²) in [6.07, 6.45) is 3.37. The van der Waals surface area contributed by atoms with Gasteiger partial charge in [0, 0.05) is 6.20 Å². The van der Waals surface area contributed by atoms with Crippen molar-refractivity contribution in [2.24, 2.45) is 5.84 Å². The molecule has 0 aliphatic rings. The van der Waals surface area contributed by atoms with Crippen LogP contribution in [0.3, 0.4) is 0 Å². The van der Waals surface area contributed by atoms with Crippen LogP contribution in [0.2, 0.25) is 0 Å². The highest BCUT2D eigenvalue weighted by molar-refractivity contribution is 5.38. The van der Waals surface area contributed by atoms with Gasteiger partial charge in [0.15, 0.2) is 0 Å². The van der Waals surface area contributed by atoms with Crippen LogP contribution in [0.5, 0.6) is 5.75 Å². The number of hydrogen-bond acceptors (Lipinski definition) is 4. The lowest BCUT2D eigenvalue weighted by Gasteiger charge is -2.18. The molecule has 2 aromatic rings. The van der Waals surface area contributed by atoms with E-state index in [-0.39, 0.29) is 11.9 Å². The summed E-state index contributed by atoms with van der Waals surface area (Å²) in [6.45, 7) is 2.01. The van der Waals surface area contributed by atoms with Gasteiger partial charge in [0.05, 0.1) is 19.3 Å². The van der Waals surface area contributed by atoms with Crippen molar-refractivity contribution in [3.8, 4) is 5.75 Å². The number of ether oxygens (including phenoxy) is 1. The number of pyridine rings is 1. The van der Waals surface area contributed by atoms with E-state index >= 15 is 0 Å². The average Bonchev–Trinajstić information content (AvgIpc) is 2.45. The molecule has 1 heterocycles. The van der Waals surface area contributed by atoms with Crippen LogP contribution in [-0.4, -0.2) is 12.1 Å². The molecule has 0 spiro atoms. The molecule has 1 unspecified atom stereocenters. The Kier molecular flexibility index (Phi) is 4.65. The van der Waals surface area contributed by atoms with Crippen LogP contribution in [0.15, 0.2) is 36.7 Å². The molecule has 1 aromatic heterocycles. The molecule has 0 bridgehead atoms. The third-order valence-corrected chi connectivity index (χ3v) is 3.19. The maximum Gasteiger partial charge on any atom is 0.141 e. The normalized spacial score (nSPS) is 12.2. The number of hydrogen-bond donors (Lipinski definition) is 2. The zero-order valence-corrected chi connectivity index (χ0v) is 11.6. The summed E-state index contributed by atoms with van der Waals surface area (Å²) in [5.41, 5.74) is 5.55. The molecule has 4 nitrogen and oxygen atoms in total.